The minimum Gasteiger partial charge on any atom is -0.481 e. The molecule has 1 aromatic carbocycles. The normalized spacial score (nSPS) is 12.0. The molecule has 0 radical (unpaired) electrons. The smallest absolute Gasteiger partial charge is 0.261 e. The number of nitrogens with zero attached hydrogens (tertiary/aromatic N) is 2. The molecule has 8 heteroatoms. The average molecular weight is 392 g/mol. The molecule has 6 nitrogen and oxygen atoms in total. The van der Waals surface area contributed by atoms with Crippen LogP contribution in [-0.4, -0.2) is 22.2 Å². The van der Waals surface area contributed by atoms with E-state index in [2.05, 4.69) is 15.5 Å². The highest BCUT2D eigenvalue weighted by Gasteiger charge is 2.17. The predicted octanol–water partition coefficient (Wildman–Crippen LogP) is 4.15. The van der Waals surface area contributed by atoms with Gasteiger partial charge in [-0.25, -0.2) is 0 Å². The van der Waals surface area contributed by atoms with Crippen LogP contribution in [0.15, 0.2) is 34.2 Å². The fourth-order valence-electron chi connectivity index (χ4n) is 2.37. The summed E-state index contributed by atoms with van der Waals surface area (Å²) in [6.45, 7) is 5.62. The van der Waals surface area contributed by atoms with Crippen LogP contribution in [-0.2, 0) is 11.3 Å². The third-order valence-corrected chi connectivity index (χ3v) is 5.18. The standard InChI is InChI=1S/C18H18ClN3O3S/c1-10-7-13(8-11(2)16(10)19)24-12(3)18(23)20-9-15-21-17(22-25-15)14-5-4-6-26-14/h4-8,12H,9H2,1-3H3,(H,20,23)/t12-/m0/s1. The van der Waals surface area contributed by atoms with Crippen LogP contribution < -0.4 is 10.1 Å². The summed E-state index contributed by atoms with van der Waals surface area (Å²) in [7, 11) is 0. The van der Waals surface area contributed by atoms with Gasteiger partial charge in [0.05, 0.1) is 11.4 Å². The molecule has 26 heavy (non-hydrogen) atoms. The molecule has 0 unspecified atom stereocenters. The number of hydrogen-bond donors (Lipinski definition) is 1. The molecule has 0 aliphatic rings. The first-order valence-corrected chi connectivity index (χ1v) is 9.27. The zero-order valence-electron chi connectivity index (χ0n) is 14.6. The maximum absolute atomic E-state index is 12.2. The van der Waals surface area contributed by atoms with Crippen molar-refractivity contribution in [3.63, 3.8) is 0 Å². The van der Waals surface area contributed by atoms with Gasteiger partial charge in [0, 0.05) is 5.02 Å². The summed E-state index contributed by atoms with van der Waals surface area (Å²) in [4.78, 5) is 17.4. The Labute approximate surface area is 160 Å². The maximum atomic E-state index is 12.2. The van der Waals surface area contributed by atoms with Gasteiger partial charge in [-0.1, -0.05) is 22.8 Å². The lowest BCUT2D eigenvalue weighted by Gasteiger charge is -2.15. The van der Waals surface area contributed by atoms with Gasteiger partial charge in [-0.2, -0.15) is 4.98 Å². The van der Waals surface area contributed by atoms with Crippen LogP contribution in [0.1, 0.15) is 23.9 Å². The number of aryl methyl sites for hydroxylation is 2. The van der Waals surface area contributed by atoms with Gasteiger partial charge >= 0.3 is 0 Å². The van der Waals surface area contributed by atoms with Gasteiger partial charge in [-0.3, -0.25) is 4.79 Å². The van der Waals surface area contributed by atoms with Crippen molar-refractivity contribution < 1.29 is 14.1 Å². The molecule has 0 fully saturated rings. The molecule has 0 aliphatic carbocycles. The van der Waals surface area contributed by atoms with Crippen LogP contribution >= 0.6 is 22.9 Å². The number of rotatable bonds is 6. The van der Waals surface area contributed by atoms with E-state index in [-0.39, 0.29) is 12.5 Å². The summed E-state index contributed by atoms with van der Waals surface area (Å²) >= 11 is 7.67. The first-order valence-electron chi connectivity index (χ1n) is 8.01. The molecule has 3 aromatic rings. The second kappa shape index (κ2) is 7.88. The number of hydrogen-bond acceptors (Lipinski definition) is 6. The van der Waals surface area contributed by atoms with Crippen molar-refractivity contribution in [3.8, 4) is 16.5 Å². The summed E-state index contributed by atoms with van der Waals surface area (Å²) < 4.78 is 10.9. The summed E-state index contributed by atoms with van der Waals surface area (Å²) in [6.07, 6.45) is -0.672. The first-order chi connectivity index (χ1) is 12.4. The second-order valence-corrected chi connectivity index (χ2v) is 7.16. The fourth-order valence-corrected chi connectivity index (χ4v) is 3.13. The van der Waals surface area contributed by atoms with E-state index in [0.29, 0.717) is 22.5 Å². The molecule has 3 rings (SSSR count). The number of carbonyl (C=O) groups excluding carboxylic acids is 1. The molecule has 136 valence electrons. The number of thiophene rings is 1. The van der Waals surface area contributed by atoms with Crippen LogP contribution in [0.2, 0.25) is 5.02 Å². The lowest BCUT2D eigenvalue weighted by Crippen LogP contribution is -2.36. The fraction of sp³-hybridized carbons (Fsp3) is 0.278. The van der Waals surface area contributed by atoms with Crippen LogP contribution in [0.3, 0.4) is 0 Å². The van der Waals surface area contributed by atoms with Crippen molar-refractivity contribution in [3.05, 3.63) is 51.7 Å². The highest BCUT2D eigenvalue weighted by Crippen LogP contribution is 2.26. The number of carbonyl (C=O) groups is 1. The molecular weight excluding hydrogens is 374 g/mol. The van der Waals surface area contributed by atoms with Crippen LogP contribution in [0.25, 0.3) is 10.7 Å². The zero-order valence-corrected chi connectivity index (χ0v) is 16.1. The molecular formula is C18H18ClN3O3S. The van der Waals surface area contributed by atoms with E-state index in [1.54, 1.807) is 6.92 Å². The Hall–Kier alpha value is -2.38. The molecule has 0 aliphatic heterocycles. The van der Waals surface area contributed by atoms with Gasteiger partial charge in [0.15, 0.2) is 6.10 Å². The maximum Gasteiger partial charge on any atom is 0.261 e. The Morgan fingerprint density at radius 1 is 1.38 bits per heavy atom. The van der Waals surface area contributed by atoms with Crippen molar-refractivity contribution in [2.75, 3.05) is 0 Å². The molecule has 1 atom stereocenters. The predicted molar refractivity (Wildman–Crippen MR) is 100 cm³/mol. The van der Waals surface area contributed by atoms with E-state index in [9.17, 15) is 4.79 Å². The van der Waals surface area contributed by atoms with E-state index in [1.165, 1.54) is 11.3 Å². The van der Waals surface area contributed by atoms with Gasteiger partial charge in [0.25, 0.3) is 5.91 Å². The lowest BCUT2D eigenvalue weighted by molar-refractivity contribution is -0.127. The van der Waals surface area contributed by atoms with Crippen LogP contribution in [0, 0.1) is 13.8 Å². The third kappa shape index (κ3) is 4.23. The van der Waals surface area contributed by atoms with E-state index in [1.807, 2.05) is 43.5 Å². The molecule has 0 bridgehead atoms. The minimum absolute atomic E-state index is 0.142. The third-order valence-electron chi connectivity index (χ3n) is 3.72. The van der Waals surface area contributed by atoms with E-state index < -0.39 is 6.10 Å². The Morgan fingerprint density at radius 2 is 2.12 bits per heavy atom. The van der Waals surface area contributed by atoms with Crippen molar-refractivity contribution in [1.29, 1.82) is 0 Å². The van der Waals surface area contributed by atoms with Gasteiger partial charge in [0.1, 0.15) is 5.75 Å². The molecule has 0 saturated carbocycles. The molecule has 1 N–H and O–H groups in total. The average Bonchev–Trinajstić information content (AvgIpc) is 3.28. The Kier molecular flexibility index (Phi) is 5.58. The Balaban J connectivity index is 1.56. The van der Waals surface area contributed by atoms with Crippen LogP contribution in [0.5, 0.6) is 5.75 Å². The quantitative estimate of drug-likeness (QED) is 0.682. The van der Waals surface area contributed by atoms with Crippen LogP contribution in [0.4, 0.5) is 0 Å². The van der Waals surface area contributed by atoms with E-state index >= 15 is 0 Å². The zero-order chi connectivity index (χ0) is 18.7. The Morgan fingerprint density at radius 3 is 2.77 bits per heavy atom. The van der Waals surface area contributed by atoms with Crippen molar-refractivity contribution in [2.24, 2.45) is 0 Å². The SMILES string of the molecule is Cc1cc(O[C@@H](C)C(=O)NCc2nc(-c3cccs3)no2)cc(C)c1Cl. The van der Waals surface area contributed by atoms with E-state index in [4.69, 9.17) is 20.9 Å². The highest BCUT2D eigenvalue weighted by molar-refractivity contribution is 7.13. The molecule has 2 heterocycles. The number of ether oxygens (including phenoxy) is 1. The summed E-state index contributed by atoms with van der Waals surface area (Å²) in [5, 5.41) is 9.28. The topological polar surface area (TPSA) is 77.2 Å². The molecule has 2 aromatic heterocycles. The van der Waals surface area contributed by atoms with Crippen molar-refractivity contribution in [2.45, 2.75) is 33.4 Å². The number of aromatic nitrogens is 2. The molecule has 0 saturated heterocycles. The lowest BCUT2D eigenvalue weighted by atomic mass is 10.1. The molecule has 1 amide bonds. The number of halogens is 1. The molecule has 0 spiro atoms. The second-order valence-electron chi connectivity index (χ2n) is 5.84. The van der Waals surface area contributed by atoms with E-state index in [0.717, 1.165) is 16.0 Å². The van der Waals surface area contributed by atoms with Crippen molar-refractivity contribution in [1.82, 2.24) is 15.5 Å². The van der Waals surface area contributed by atoms with Gasteiger partial charge < -0.3 is 14.6 Å². The number of nitrogens with one attached hydrogen (secondary N) is 1. The Bertz CT molecular complexity index is 885. The summed E-state index contributed by atoms with van der Waals surface area (Å²) in [5.74, 6) is 1.18. The summed E-state index contributed by atoms with van der Waals surface area (Å²) in [6, 6.07) is 7.44. The van der Waals surface area contributed by atoms with Gasteiger partial charge in [0.2, 0.25) is 11.7 Å². The monoisotopic (exact) mass is 391 g/mol. The highest BCUT2D eigenvalue weighted by atomic mass is 35.5. The van der Waals surface area contributed by atoms with Gasteiger partial charge in [-0.05, 0) is 55.5 Å². The number of benzene rings is 1. The van der Waals surface area contributed by atoms with Gasteiger partial charge in [-0.15, -0.1) is 11.3 Å². The minimum atomic E-state index is -0.672. The number of amides is 1. The summed E-state index contributed by atoms with van der Waals surface area (Å²) in [5.41, 5.74) is 1.81. The first kappa shape index (κ1) is 18.4. The largest absolute Gasteiger partial charge is 0.481 e. The van der Waals surface area contributed by atoms with Crippen molar-refractivity contribution >= 4 is 28.8 Å².